The van der Waals surface area contributed by atoms with E-state index in [4.69, 9.17) is 16.4 Å². The average molecular weight is 385 g/mol. The van der Waals surface area contributed by atoms with Crippen LogP contribution in [0.3, 0.4) is 0 Å². The molecule has 0 aliphatic carbocycles. The van der Waals surface area contributed by atoms with Gasteiger partial charge in [0.2, 0.25) is 10.0 Å². The van der Waals surface area contributed by atoms with Crippen LogP contribution < -0.4 is 15.5 Å². The molecule has 0 aliphatic heterocycles. The van der Waals surface area contributed by atoms with Gasteiger partial charge in [-0.15, -0.1) is 0 Å². The molecular formula is C15H17ClN4O4S. The van der Waals surface area contributed by atoms with Crippen molar-refractivity contribution in [3.8, 4) is 0 Å². The lowest BCUT2D eigenvalue weighted by Gasteiger charge is -2.15. The third kappa shape index (κ3) is 5.59. The predicted octanol–water partition coefficient (Wildman–Crippen LogP) is 2.53. The minimum atomic E-state index is -3.47. The predicted molar refractivity (Wildman–Crippen MR) is 96.5 cm³/mol. The van der Waals surface area contributed by atoms with Gasteiger partial charge in [-0.25, -0.2) is 18.9 Å². The first-order valence-corrected chi connectivity index (χ1v) is 9.48. The number of hydroxylamine groups is 1. The smallest absolute Gasteiger partial charge is 0.278 e. The molecule has 0 aliphatic rings. The minimum Gasteiger partial charge on any atom is -0.353 e. The molecule has 134 valence electrons. The van der Waals surface area contributed by atoms with Crippen LogP contribution in [0.15, 0.2) is 36.5 Å². The molecule has 0 bridgehead atoms. The molecule has 2 aromatic rings. The Balaban J connectivity index is 2.37. The summed E-state index contributed by atoms with van der Waals surface area (Å²) >= 11 is 5.91. The van der Waals surface area contributed by atoms with E-state index in [1.807, 2.05) is 0 Å². The van der Waals surface area contributed by atoms with Crippen molar-refractivity contribution >= 4 is 44.6 Å². The Morgan fingerprint density at radius 1 is 1.24 bits per heavy atom. The fraction of sp³-hybridized carbons (Fsp3) is 0.200. The van der Waals surface area contributed by atoms with Crippen LogP contribution in [0, 0.1) is 0 Å². The molecule has 0 atom stereocenters. The standard InChI is InChI=1S/C15H17ClN4O4S/c1-3-24-19-15(21)10-9-17-14(16)8-13(10)18-11-6-4-5-7-12(11)20-25(2,22)23/h4-9,20H,3H2,1-2H3,(H,17,18)(H,19,21). The van der Waals surface area contributed by atoms with E-state index in [-0.39, 0.29) is 10.7 Å². The molecule has 10 heteroatoms. The number of amides is 1. The Bertz CT molecular complexity index is 874. The number of halogens is 1. The number of sulfonamides is 1. The van der Waals surface area contributed by atoms with E-state index in [9.17, 15) is 13.2 Å². The molecule has 0 saturated carbocycles. The molecule has 1 amide bonds. The van der Waals surface area contributed by atoms with Crippen LogP contribution in [0.1, 0.15) is 17.3 Å². The summed E-state index contributed by atoms with van der Waals surface area (Å²) in [6, 6.07) is 8.11. The lowest BCUT2D eigenvalue weighted by molar-refractivity contribution is 0.0365. The Morgan fingerprint density at radius 3 is 2.56 bits per heavy atom. The Labute approximate surface area is 150 Å². The summed E-state index contributed by atoms with van der Waals surface area (Å²) in [7, 11) is -3.47. The Morgan fingerprint density at radius 2 is 1.92 bits per heavy atom. The minimum absolute atomic E-state index is 0.170. The Kier molecular flexibility index (Phi) is 6.18. The number of hydrogen-bond donors (Lipinski definition) is 3. The van der Waals surface area contributed by atoms with Gasteiger partial charge in [-0.05, 0) is 25.1 Å². The molecule has 0 saturated heterocycles. The highest BCUT2D eigenvalue weighted by molar-refractivity contribution is 7.92. The van der Waals surface area contributed by atoms with E-state index in [0.29, 0.717) is 23.7 Å². The number of benzene rings is 1. The number of hydrogen-bond acceptors (Lipinski definition) is 6. The van der Waals surface area contributed by atoms with Gasteiger partial charge in [-0.2, -0.15) is 0 Å². The van der Waals surface area contributed by atoms with E-state index in [1.165, 1.54) is 12.3 Å². The molecule has 0 radical (unpaired) electrons. The average Bonchev–Trinajstić information content (AvgIpc) is 2.53. The maximum Gasteiger partial charge on any atom is 0.278 e. The van der Waals surface area contributed by atoms with Crippen molar-refractivity contribution in [2.24, 2.45) is 0 Å². The topological polar surface area (TPSA) is 109 Å². The van der Waals surface area contributed by atoms with E-state index in [2.05, 4.69) is 20.5 Å². The molecule has 0 spiro atoms. The normalized spacial score (nSPS) is 11.0. The number of anilines is 3. The van der Waals surface area contributed by atoms with Crippen LogP contribution in [0.2, 0.25) is 5.15 Å². The number of carbonyl (C=O) groups is 1. The van der Waals surface area contributed by atoms with Crippen molar-refractivity contribution in [1.29, 1.82) is 0 Å². The zero-order chi connectivity index (χ0) is 18.4. The third-order valence-corrected chi connectivity index (χ3v) is 3.71. The van der Waals surface area contributed by atoms with Gasteiger partial charge < -0.3 is 5.32 Å². The van der Waals surface area contributed by atoms with Crippen LogP contribution in [-0.4, -0.2) is 32.2 Å². The van der Waals surface area contributed by atoms with Crippen LogP contribution >= 0.6 is 11.6 Å². The zero-order valence-electron chi connectivity index (χ0n) is 13.5. The van der Waals surface area contributed by atoms with Gasteiger partial charge >= 0.3 is 0 Å². The molecule has 1 heterocycles. The highest BCUT2D eigenvalue weighted by atomic mass is 35.5. The highest BCUT2D eigenvalue weighted by Gasteiger charge is 2.15. The van der Waals surface area contributed by atoms with Crippen molar-refractivity contribution in [2.75, 3.05) is 22.9 Å². The monoisotopic (exact) mass is 384 g/mol. The van der Waals surface area contributed by atoms with Crippen LogP contribution in [-0.2, 0) is 14.9 Å². The quantitative estimate of drug-likeness (QED) is 0.500. The number of nitrogens with zero attached hydrogens (tertiary/aromatic N) is 1. The largest absolute Gasteiger partial charge is 0.353 e. The summed E-state index contributed by atoms with van der Waals surface area (Å²) in [5, 5.41) is 3.16. The first kappa shape index (κ1) is 19.0. The molecule has 8 nitrogen and oxygen atoms in total. The van der Waals surface area contributed by atoms with Gasteiger partial charge in [0, 0.05) is 6.20 Å². The van der Waals surface area contributed by atoms with Gasteiger partial charge in [-0.3, -0.25) is 14.4 Å². The summed E-state index contributed by atoms with van der Waals surface area (Å²) in [5.74, 6) is -0.512. The van der Waals surface area contributed by atoms with Crippen LogP contribution in [0.25, 0.3) is 0 Å². The van der Waals surface area contributed by atoms with Crippen molar-refractivity contribution in [3.63, 3.8) is 0 Å². The van der Waals surface area contributed by atoms with E-state index >= 15 is 0 Å². The first-order valence-electron chi connectivity index (χ1n) is 7.21. The highest BCUT2D eigenvalue weighted by Crippen LogP contribution is 2.29. The van der Waals surface area contributed by atoms with Crippen molar-refractivity contribution in [1.82, 2.24) is 10.5 Å². The molecule has 1 aromatic carbocycles. The molecule has 1 aromatic heterocycles. The summed E-state index contributed by atoms with van der Waals surface area (Å²) in [6.45, 7) is 2.03. The number of rotatable bonds is 7. The number of aromatic nitrogens is 1. The van der Waals surface area contributed by atoms with Gasteiger partial charge in [0.1, 0.15) is 5.15 Å². The molecule has 25 heavy (non-hydrogen) atoms. The fourth-order valence-corrected chi connectivity index (χ4v) is 2.67. The molecule has 0 unspecified atom stereocenters. The maximum absolute atomic E-state index is 12.2. The lowest BCUT2D eigenvalue weighted by atomic mass is 10.2. The van der Waals surface area contributed by atoms with E-state index < -0.39 is 15.9 Å². The van der Waals surface area contributed by atoms with Crippen molar-refractivity contribution in [2.45, 2.75) is 6.92 Å². The van der Waals surface area contributed by atoms with E-state index in [0.717, 1.165) is 6.26 Å². The number of pyridine rings is 1. The van der Waals surface area contributed by atoms with Gasteiger partial charge in [0.25, 0.3) is 5.91 Å². The lowest BCUT2D eigenvalue weighted by Crippen LogP contribution is -2.24. The summed E-state index contributed by atoms with van der Waals surface area (Å²) in [5.41, 5.74) is 3.58. The summed E-state index contributed by atoms with van der Waals surface area (Å²) in [4.78, 5) is 21.0. The second-order valence-corrected chi connectivity index (χ2v) is 7.10. The number of nitrogens with one attached hydrogen (secondary N) is 3. The second kappa shape index (κ2) is 8.15. The molecule has 3 N–H and O–H groups in total. The maximum atomic E-state index is 12.2. The van der Waals surface area contributed by atoms with Crippen molar-refractivity contribution < 1.29 is 18.0 Å². The summed E-state index contributed by atoms with van der Waals surface area (Å²) in [6.07, 6.45) is 2.35. The fourth-order valence-electron chi connectivity index (χ4n) is 1.93. The third-order valence-electron chi connectivity index (χ3n) is 2.92. The van der Waals surface area contributed by atoms with Crippen LogP contribution in [0.4, 0.5) is 17.1 Å². The van der Waals surface area contributed by atoms with Gasteiger partial charge in [0.05, 0.1) is 35.5 Å². The molecule has 0 fully saturated rings. The zero-order valence-corrected chi connectivity index (χ0v) is 15.1. The van der Waals surface area contributed by atoms with E-state index in [1.54, 1.807) is 31.2 Å². The molecular weight excluding hydrogens is 368 g/mol. The number of carbonyl (C=O) groups excluding carboxylic acids is 1. The van der Waals surface area contributed by atoms with Gasteiger partial charge in [-0.1, -0.05) is 23.7 Å². The first-order chi connectivity index (χ1) is 11.8. The second-order valence-electron chi connectivity index (χ2n) is 4.96. The van der Waals surface area contributed by atoms with Crippen molar-refractivity contribution in [3.05, 3.63) is 47.2 Å². The SMILES string of the molecule is CCONC(=O)c1cnc(Cl)cc1Nc1ccccc1NS(C)(=O)=O. The number of para-hydroxylation sites is 2. The Hall–Kier alpha value is -2.36. The van der Waals surface area contributed by atoms with Gasteiger partial charge in [0.15, 0.2) is 0 Å². The van der Waals surface area contributed by atoms with Crippen LogP contribution in [0.5, 0.6) is 0 Å². The summed E-state index contributed by atoms with van der Waals surface area (Å²) < 4.78 is 25.4. The molecule has 2 rings (SSSR count).